The van der Waals surface area contributed by atoms with Gasteiger partial charge in [-0.1, -0.05) is 24.3 Å². The summed E-state index contributed by atoms with van der Waals surface area (Å²) in [5.41, 5.74) is 2.01. The zero-order chi connectivity index (χ0) is 21.8. The van der Waals surface area contributed by atoms with Crippen LogP contribution in [0.5, 0.6) is 17.4 Å². The number of amides is 1. The molecule has 0 bridgehead atoms. The first-order chi connectivity index (χ1) is 15.0. The van der Waals surface area contributed by atoms with Gasteiger partial charge in [0.2, 0.25) is 5.88 Å². The normalized spacial score (nSPS) is 13.0. The summed E-state index contributed by atoms with van der Waals surface area (Å²) < 4.78 is 24.6. The Kier molecular flexibility index (Phi) is 6.02. The highest BCUT2D eigenvalue weighted by Gasteiger charge is 2.24. The van der Waals surface area contributed by atoms with E-state index >= 15 is 0 Å². The quantitative estimate of drug-likeness (QED) is 0.565. The molecule has 0 aliphatic heterocycles. The molecule has 1 aliphatic carbocycles. The first-order valence-electron chi connectivity index (χ1n) is 10.1. The van der Waals surface area contributed by atoms with Crippen LogP contribution < -0.4 is 14.8 Å². The predicted octanol–water partition coefficient (Wildman–Crippen LogP) is 4.32. The number of benzene rings is 2. The minimum atomic E-state index is -0.495. The predicted molar refractivity (Wildman–Crippen MR) is 114 cm³/mol. The van der Waals surface area contributed by atoms with Crippen LogP contribution in [-0.2, 0) is 6.54 Å². The van der Waals surface area contributed by atoms with Crippen LogP contribution in [0.3, 0.4) is 0 Å². The second kappa shape index (κ2) is 9.04. The van der Waals surface area contributed by atoms with E-state index < -0.39 is 11.7 Å². The highest BCUT2D eigenvalue weighted by molar-refractivity contribution is 5.97. The van der Waals surface area contributed by atoms with Gasteiger partial charge in [-0.25, -0.2) is 9.37 Å². The molecule has 0 saturated heterocycles. The average molecular weight is 422 g/mol. The average Bonchev–Trinajstić information content (AvgIpc) is 3.61. The number of phenolic OH excluding ortho intramolecular Hbond substituents is 1. The third-order valence-corrected chi connectivity index (χ3v) is 5.13. The summed E-state index contributed by atoms with van der Waals surface area (Å²) in [5.74, 6) is 0.0847. The fraction of sp³-hybridized carbons (Fsp3) is 0.250. The SMILES string of the molecule is COc1ccc(CNC(=O)c2cc(-c3ccccc3O)cnc2OCC2CC2)cc1F. The van der Waals surface area contributed by atoms with Crippen molar-refractivity contribution < 1.29 is 23.8 Å². The number of hydrogen-bond acceptors (Lipinski definition) is 5. The van der Waals surface area contributed by atoms with Crippen molar-refractivity contribution in [3.63, 3.8) is 0 Å². The topological polar surface area (TPSA) is 80.7 Å². The fourth-order valence-corrected chi connectivity index (χ4v) is 3.17. The largest absolute Gasteiger partial charge is 0.507 e. The molecule has 1 saturated carbocycles. The van der Waals surface area contributed by atoms with Crippen molar-refractivity contribution in [1.29, 1.82) is 0 Å². The van der Waals surface area contributed by atoms with E-state index in [0.717, 1.165) is 12.8 Å². The molecule has 7 heteroatoms. The third-order valence-electron chi connectivity index (χ3n) is 5.13. The van der Waals surface area contributed by atoms with Crippen LogP contribution in [-0.4, -0.2) is 29.7 Å². The van der Waals surface area contributed by atoms with E-state index in [9.17, 15) is 14.3 Å². The molecular formula is C24H23FN2O4. The van der Waals surface area contributed by atoms with Gasteiger partial charge < -0.3 is 19.9 Å². The van der Waals surface area contributed by atoms with Crippen molar-refractivity contribution in [2.24, 2.45) is 5.92 Å². The van der Waals surface area contributed by atoms with Gasteiger partial charge in [0.1, 0.15) is 11.3 Å². The highest BCUT2D eigenvalue weighted by Crippen LogP contribution is 2.33. The van der Waals surface area contributed by atoms with Gasteiger partial charge in [0.25, 0.3) is 5.91 Å². The molecule has 1 fully saturated rings. The standard InChI is InChI=1S/C24H23FN2O4/c1-30-22-9-8-16(10-20(22)25)12-26-23(29)19-11-17(18-4-2-3-5-21(18)28)13-27-24(19)31-14-15-6-7-15/h2-5,8-11,13,15,28H,6-7,12,14H2,1H3,(H,26,29). The molecule has 2 aromatic carbocycles. The number of nitrogens with zero attached hydrogens (tertiary/aromatic N) is 1. The molecule has 0 unspecified atom stereocenters. The number of carbonyl (C=O) groups is 1. The van der Waals surface area contributed by atoms with Gasteiger partial charge in [0.05, 0.1) is 13.7 Å². The van der Waals surface area contributed by atoms with E-state index in [4.69, 9.17) is 9.47 Å². The number of carbonyl (C=O) groups excluding carboxylic acids is 1. The maximum Gasteiger partial charge on any atom is 0.257 e. The van der Waals surface area contributed by atoms with Crippen molar-refractivity contribution in [1.82, 2.24) is 10.3 Å². The Labute approximate surface area is 179 Å². The first-order valence-corrected chi connectivity index (χ1v) is 10.1. The van der Waals surface area contributed by atoms with Gasteiger partial charge in [-0.15, -0.1) is 0 Å². The number of aromatic hydroxyl groups is 1. The Bertz CT molecular complexity index is 1100. The van der Waals surface area contributed by atoms with E-state index in [0.29, 0.717) is 29.2 Å². The van der Waals surface area contributed by atoms with Gasteiger partial charge in [0, 0.05) is 23.9 Å². The molecule has 0 radical (unpaired) electrons. The van der Waals surface area contributed by atoms with Crippen LogP contribution in [0.2, 0.25) is 0 Å². The molecule has 0 spiro atoms. The number of pyridine rings is 1. The van der Waals surface area contributed by atoms with Gasteiger partial charge >= 0.3 is 0 Å². The Morgan fingerprint density at radius 2 is 2.03 bits per heavy atom. The Morgan fingerprint density at radius 1 is 1.23 bits per heavy atom. The lowest BCUT2D eigenvalue weighted by atomic mass is 10.0. The van der Waals surface area contributed by atoms with Gasteiger partial charge in [-0.3, -0.25) is 4.79 Å². The number of phenols is 1. The smallest absolute Gasteiger partial charge is 0.257 e. The van der Waals surface area contributed by atoms with Gasteiger partial charge in [0.15, 0.2) is 11.6 Å². The van der Waals surface area contributed by atoms with Crippen molar-refractivity contribution >= 4 is 5.91 Å². The van der Waals surface area contributed by atoms with Crippen molar-refractivity contribution in [2.45, 2.75) is 19.4 Å². The van der Waals surface area contributed by atoms with Crippen LogP contribution >= 0.6 is 0 Å². The van der Waals surface area contributed by atoms with Crippen LogP contribution in [0.1, 0.15) is 28.8 Å². The molecule has 6 nitrogen and oxygen atoms in total. The Morgan fingerprint density at radius 3 is 2.74 bits per heavy atom. The second-order valence-corrected chi connectivity index (χ2v) is 7.50. The van der Waals surface area contributed by atoms with E-state index in [-0.39, 0.29) is 29.5 Å². The van der Waals surface area contributed by atoms with Crippen molar-refractivity contribution in [2.75, 3.05) is 13.7 Å². The van der Waals surface area contributed by atoms with Crippen LogP contribution in [0.15, 0.2) is 54.7 Å². The van der Waals surface area contributed by atoms with E-state index in [2.05, 4.69) is 10.3 Å². The first kappa shape index (κ1) is 20.7. The summed E-state index contributed by atoms with van der Waals surface area (Å²) in [7, 11) is 1.40. The number of aromatic nitrogens is 1. The molecule has 1 aromatic heterocycles. The molecule has 0 atom stereocenters. The number of rotatable bonds is 8. The molecular weight excluding hydrogens is 399 g/mol. The van der Waals surface area contributed by atoms with Crippen molar-refractivity contribution in [3.8, 4) is 28.5 Å². The molecule has 1 heterocycles. The monoisotopic (exact) mass is 422 g/mol. The molecule has 1 aliphatic rings. The number of para-hydroxylation sites is 1. The maximum absolute atomic E-state index is 13.9. The maximum atomic E-state index is 13.9. The lowest BCUT2D eigenvalue weighted by Gasteiger charge is -2.13. The zero-order valence-corrected chi connectivity index (χ0v) is 17.1. The summed E-state index contributed by atoms with van der Waals surface area (Å²) in [6, 6.07) is 13.0. The third kappa shape index (κ3) is 4.94. The summed E-state index contributed by atoms with van der Waals surface area (Å²) in [5, 5.41) is 13.0. The number of halogens is 1. The summed E-state index contributed by atoms with van der Waals surface area (Å²) >= 11 is 0. The molecule has 2 N–H and O–H groups in total. The van der Waals surface area contributed by atoms with Gasteiger partial charge in [-0.05, 0) is 48.6 Å². The van der Waals surface area contributed by atoms with Crippen molar-refractivity contribution in [3.05, 3.63) is 71.7 Å². The number of methoxy groups -OCH3 is 1. The fourth-order valence-electron chi connectivity index (χ4n) is 3.17. The summed E-state index contributed by atoms with van der Waals surface area (Å²) in [6.45, 7) is 0.634. The minimum absolute atomic E-state index is 0.0935. The van der Waals surface area contributed by atoms with Crippen LogP contribution in [0, 0.1) is 11.7 Å². The van der Waals surface area contributed by atoms with Gasteiger partial charge in [-0.2, -0.15) is 0 Å². The van der Waals surface area contributed by atoms with E-state index in [1.165, 1.54) is 19.2 Å². The summed E-state index contributed by atoms with van der Waals surface area (Å²) in [4.78, 5) is 17.3. The number of ether oxygens (including phenoxy) is 2. The lowest BCUT2D eigenvalue weighted by molar-refractivity contribution is 0.0945. The van der Waals surface area contributed by atoms with E-state index in [1.54, 1.807) is 42.6 Å². The lowest BCUT2D eigenvalue weighted by Crippen LogP contribution is -2.24. The molecule has 1 amide bonds. The summed E-state index contributed by atoms with van der Waals surface area (Å²) in [6.07, 6.45) is 3.80. The number of hydrogen-bond donors (Lipinski definition) is 2. The second-order valence-electron chi connectivity index (χ2n) is 7.50. The molecule has 3 aromatic rings. The highest BCUT2D eigenvalue weighted by atomic mass is 19.1. The molecule has 4 rings (SSSR count). The van der Waals surface area contributed by atoms with Crippen LogP contribution in [0.25, 0.3) is 11.1 Å². The number of nitrogens with one attached hydrogen (secondary N) is 1. The van der Waals surface area contributed by atoms with E-state index in [1.807, 2.05) is 0 Å². The zero-order valence-electron chi connectivity index (χ0n) is 17.1. The molecule has 31 heavy (non-hydrogen) atoms. The Hall–Kier alpha value is -3.61. The van der Waals surface area contributed by atoms with Crippen LogP contribution in [0.4, 0.5) is 4.39 Å². The minimum Gasteiger partial charge on any atom is -0.507 e. The Balaban J connectivity index is 1.57. The molecule has 160 valence electrons.